The molecule has 0 spiro atoms. The van der Waals surface area contributed by atoms with Crippen LogP contribution in [0.4, 0.5) is 0 Å². The predicted octanol–water partition coefficient (Wildman–Crippen LogP) is 0.758. The zero-order valence-corrected chi connectivity index (χ0v) is 8.42. The van der Waals surface area contributed by atoms with Crippen LogP contribution in [0.2, 0.25) is 0 Å². The van der Waals surface area contributed by atoms with Gasteiger partial charge in [-0.2, -0.15) is 0 Å². The van der Waals surface area contributed by atoms with Crippen LogP contribution in [-0.4, -0.2) is 29.9 Å². The maximum absolute atomic E-state index is 11.7. The van der Waals surface area contributed by atoms with Gasteiger partial charge in [0.15, 0.2) is 0 Å². The average molecular weight is 182 g/mol. The van der Waals surface area contributed by atoms with E-state index >= 15 is 0 Å². The van der Waals surface area contributed by atoms with Crippen LogP contribution in [0.3, 0.4) is 0 Å². The Bertz CT molecular complexity index is 225. The lowest BCUT2D eigenvalue weighted by Crippen LogP contribution is -2.34. The van der Waals surface area contributed by atoms with Crippen LogP contribution >= 0.6 is 0 Å². The molecule has 2 N–H and O–H groups in total. The Balaban J connectivity index is 2.46. The maximum Gasteiger partial charge on any atom is 0.227 e. The first-order valence-corrected chi connectivity index (χ1v) is 4.75. The molecule has 0 bridgehead atoms. The molecule has 2 atom stereocenters. The highest BCUT2D eigenvalue weighted by atomic mass is 16.2. The Labute approximate surface area is 79.6 Å². The van der Waals surface area contributed by atoms with Gasteiger partial charge in [0, 0.05) is 19.1 Å². The fourth-order valence-electron chi connectivity index (χ4n) is 1.40. The topological polar surface area (TPSA) is 46.3 Å². The van der Waals surface area contributed by atoms with E-state index in [4.69, 9.17) is 5.73 Å². The summed E-state index contributed by atoms with van der Waals surface area (Å²) in [7, 11) is 0. The molecule has 1 saturated carbocycles. The fraction of sp³-hybridized carbons (Fsp3) is 0.700. The summed E-state index contributed by atoms with van der Waals surface area (Å²) in [5.74, 6) is 0.275. The first-order valence-electron chi connectivity index (χ1n) is 4.75. The van der Waals surface area contributed by atoms with E-state index in [-0.39, 0.29) is 17.9 Å². The number of carbonyl (C=O) groups is 1. The second kappa shape index (κ2) is 3.92. The van der Waals surface area contributed by atoms with Gasteiger partial charge >= 0.3 is 0 Å². The smallest absolute Gasteiger partial charge is 0.227 e. The normalized spacial score (nSPS) is 25.5. The molecule has 3 nitrogen and oxygen atoms in total. The monoisotopic (exact) mass is 182 g/mol. The Morgan fingerprint density at radius 3 is 2.54 bits per heavy atom. The van der Waals surface area contributed by atoms with E-state index in [2.05, 4.69) is 6.58 Å². The predicted molar refractivity (Wildman–Crippen MR) is 53.2 cm³/mol. The Kier molecular flexibility index (Phi) is 3.09. The number of carbonyl (C=O) groups excluding carboxylic acids is 1. The van der Waals surface area contributed by atoms with Crippen molar-refractivity contribution in [3.05, 3.63) is 12.2 Å². The van der Waals surface area contributed by atoms with Crippen molar-refractivity contribution in [1.82, 2.24) is 4.90 Å². The van der Waals surface area contributed by atoms with Crippen LogP contribution in [0.5, 0.6) is 0 Å². The number of amides is 1. The van der Waals surface area contributed by atoms with Crippen LogP contribution < -0.4 is 5.73 Å². The van der Waals surface area contributed by atoms with E-state index in [1.54, 1.807) is 0 Å². The van der Waals surface area contributed by atoms with E-state index < -0.39 is 0 Å². The quantitative estimate of drug-likeness (QED) is 0.652. The fourth-order valence-corrected chi connectivity index (χ4v) is 1.40. The van der Waals surface area contributed by atoms with Crippen molar-refractivity contribution in [2.24, 2.45) is 11.7 Å². The molecule has 1 fully saturated rings. The highest BCUT2D eigenvalue weighted by Crippen LogP contribution is 2.29. The first kappa shape index (κ1) is 10.3. The largest absolute Gasteiger partial charge is 0.339 e. The molecule has 0 aromatic carbocycles. The molecule has 1 aliphatic rings. The second-order valence-corrected chi connectivity index (χ2v) is 3.82. The van der Waals surface area contributed by atoms with Gasteiger partial charge in [-0.1, -0.05) is 12.2 Å². The highest BCUT2D eigenvalue weighted by Gasteiger charge is 2.41. The molecule has 3 heteroatoms. The number of hydrogen-bond acceptors (Lipinski definition) is 2. The van der Waals surface area contributed by atoms with Crippen LogP contribution in [0.25, 0.3) is 0 Å². The molecule has 0 heterocycles. The van der Waals surface area contributed by atoms with Gasteiger partial charge in [0.25, 0.3) is 0 Å². The third-order valence-corrected chi connectivity index (χ3v) is 2.31. The van der Waals surface area contributed by atoms with Crippen LogP contribution in [0, 0.1) is 5.92 Å². The van der Waals surface area contributed by atoms with E-state index in [0.717, 1.165) is 18.5 Å². The van der Waals surface area contributed by atoms with Gasteiger partial charge in [-0.25, -0.2) is 0 Å². The van der Waals surface area contributed by atoms with Crippen molar-refractivity contribution in [2.75, 3.05) is 13.1 Å². The molecule has 0 aromatic rings. The van der Waals surface area contributed by atoms with E-state index in [1.807, 2.05) is 18.7 Å². The Hall–Kier alpha value is -0.830. The van der Waals surface area contributed by atoms with E-state index in [0.29, 0.717) is 6.54 Å². The van der Waals surface area contributed by atoms with Crippen molar-refractivity contribution in [2.45, 2.75) is 26.3 Å². The van der Waals surface area contributed by atoms with Crippen LogP contribution in [-0.2, 0) is 4.79 Å². The number of likely N-dealkylation sites (N-methyl/N-ethyl adjacent to an activating group) is 1. The molecule has 74 valence electrons. The summed E-state index contributed by atoms with van der Waals surface area (Å²) in [6.07, 6.45) is 0.853. The summed E-state index contributed by atoms with van der Waals surface area (Å²) < 4.78 is 0. The molecule has 1 aliphatic carbocycles. The molecule has 0 aromatic heterocycles. The second-order valence-electron chi connectivity index (χ2n) is 3.82. The Morgan fingerprint density at radius 1 is 1.69 bits per heavy atom. The van der Waals surface area contributed by atoms with Crippen molar-refractivity contribution in [3.63, 3.8) is 0 Å². The molecular weight excluding hydrogens is 164 g/mol. The van der Waals surface area contributed by atoms with Gasteiger partial charge in [-0.15, -0.1) is 0 Å². The lowest BCUT2D eigenvalue weighted by atomic mass is 10.2. The summed E-state index contributed by atoms with van der Waals surface area (Å²) in [5.41, 5.74) is 6.64. The van der Waals surface area contributed by atoms with Gasteiger partial charge in [0.05, 0.1) is 5.92 Å². The van der Waals surface area contributed by atoms with Gasteiger partial charge in [0.1, 0.15) is 0 Å². The summed E-state index contributed by atoms with van der Waals surface area (Å²) >= 11 is 0. The number of nitrogens with zero attached hydrogens (tertiary/aromatic N) is 1. The molecule has 0 saturated heterocycles. The minimum Gasteiger partial charge on any atom is -0.339 e. The van der Waals surface area contributed by atoms with E-state index in [9.17, 15) is 4.79 Å². The molecule has 2 unspecified atom stereocenters. The zero-order valence-electron chi connectivity index (χ0n) is 8.42. The zero-order chi connectivity index (χ0) is 10.0. The third kappa shape index (κ3) is 2.56. The number of rotatable bonds is 4. The Morgan fingerprint density at radius 2 is 2.23 bits per heavy atom. The lowest BCUT2D eigenvalue weighted by Gasteiger charge is -2.20. The number of nitrogens with two attached hydrogens (primary N) is 1. The van der Waals surface area contributed by atoms with Crippen molar-refractivity contribution in [1.29, 1.82) is 0 Å². The standard InChI is InChI=1S/C10H18N2O/c1-4-12(6-7(2)3)10(13)8-5-9(8)11/h8-9H,2,4-6,11H2,1,3H3. The third-order valence-electron chi connectivity index (χ3n) is 2.31. The lowest BCUT2D eigenvalue weighted by molar-refractivity contribution is -0.132. The van der Waals surface area contributed by atoms with Crippen molar-refractivity contribution < 1.29 is 4.79 Å². The summed E-state index contributed by atoms with van der Waals surface area (Å²) in [5, 5.41) is 0. The number of hydrogen-bond donors (Lipinski definition) is 1. The maximum atomic E-state index is 11.7. The molecule has 13 heavy (non-hydrogen) atoms. The van der Waals surface area contributed by atoms with Crippen molar-refractivity contribution >= 4 is 5.91 Å². The molecule has 0 aliphatic heterocycles. The van der Waals surface area contributed by atoms with Gasteiger partial charge < -0.3 is 10.6 Å². The molecule has 0 radical (unpaired) electrons. The molecule has 1 rings (SSSR count). The highest BCUT2D eigenvalue weighted by molar-refractivity contribution is 5.82. The van der Waals surface area contributed by atoms with Crippen LogP contribution in [0.15, 0.2) is 12.2 Å². The van der Waals surface area contributed by atoms with Crippen LogP contribution in [0.1, 0.15) is 20.3 Å². The summed E-state index contributed by atoms with van der Waals surface area (Å²) in [4.78, 5) is 13.5. The van der Waals surface area contributed by atoms with Gasteiger partial charge in [-0.3, -0.25) is 4.79 Å². The van der Waals surface area contributed by atoms with Gasteiger partial charge in [0.2, 0.25) is 5.91 Å². The summed E-state index contributed by atoms with van der Waals surface area (Å²) in [6.45, 7) is 9.12. The first-order chi connectivity index (χ1) is 6.06. The molecule has 1 amide bonds. The summed E-state index contributed by atoms with van der Waals surface area (Å²) in [6, 6.07) is 0.103. The van der Waals surface area contributed by atoms with E-state index in [1.165, 1.54) is 0 Å². The SMILES string of the molecule is C=C(C)CN(CC)C(=O)C1CC1N. The van der Waals surface area contributed by atoms with Gasteiger partial charge in [-0.05, 0) is 20.3 Å². The average Bonchev–Trinajstić information content (AvgIpc) is 2.77. The molecular formula is C10H18N2O. The minimum absolute atomic E-state index is 0.0827. The van der Waals surface area contributed by atoms with Crippen molar-refractivity contribution in [3.8, 4) is 0 Å². The minimum atomic E-state index is 0.0827.